The number of carbonyl (C=O) groups excluding carboxylic acids is 3. The van der Waals surface area contributed by atoms with Crippen LogP contribution in [0.25, 0.3) is 0 Å². The molecule has 0 aromatic rings. The molecule has 0 spiro atoms. The maximum Gasteiger partial charge on any atom is 0.306 e. The summed E-state index contributed by atoms with van der Waals surface area (Å²) in [7, 11) is 0. The van der Waals surface area contributed by atoms with E-state index in [1.807, 2.05) is 13.0 Å². The molecule has 0 aromatic carbocycles. The van der Waals surface area contributed by atoms with Gasteiger partial charge in [0.05, 0.1) is 0 Å². The molecule has 4 aliphatic carbocycles. The van der Waals surface area contributed by atoms with E-state index in [4.69, 9.17) is 4.74 Å². The van der Waals surface area contributed by atoms with E-state index >= 15 is 0 Å². The van der Waals surface area contributed by atoms with E-state index in [0.29, 0.717) is 48.7 Å². The Morgan fingerprint density at radius 3 is 2.71 bits per heavy atom. The molecular formula is C24H34O4. The molecule has 0 aliphatic heterocycles. The Kier molecular flexibility index (Phi) is 5.26. The molecule has 3 fully saturated rings. The SMILES string of the molecule is CCCC(=O)O[C@@H]1CC2=CC(=O)CC[C@@H]2[C@H]2CC[C@]3(C)[C@@H](C(C)=O)CC[C@H]3[C@@H]21. The highest BCUT2D eigenvalue weighted by Crippen LogP contribution is 2.64. The summed E-state index contributed by atoms with van der Waals surface area (Å²) < 4.78 is 6.06. The Morgan fingerprint density at radius 1 is 1.21 bits per heavy atom. The number of fused-ring (bicyclic) bond motifs is 5. The molecule has 154 valence electrons. The fourth-order valence-corrected chi connectivity index (χ4v) is 7.39. The van der Waals surface area contributed by atoms with Gasteiger partial charge in [0.1, 0.15) is 11.9 Å². The number of hydrogen-bond donors (Lipinski definition) is 0. The lowest BCUT2D eigenvalue weighted by atomic mass is 9.50. The largest absolute Gasteiger partial charge is 0.462 e. The van der Waals surface area contributed by atoms with Crippen molar-refractivity contribution in [1.82, 2.24) is 0 Å². The van der Waals surface area contributed by atoms with Gasteiger partial charge in [-0.05, 0) is 74.7 Å². The molecule has 0 N–H and O–H groups in total. The van der Waals surface area contributed by atoms with Gasteiger partial charge in [-0.2, -0.15) is 0 Å². The van der Waals surface area contributed by atoms with E-state index in [9.17, 15) is 14.4 Å². The van der Waals surface area contributed by atoms with Crippen molar-refractivity contribution in [2.45, 2.75) is 84.7 Å². The molecule has 4 rings (SSSR count). The normalized spacial score (nSPS) is 42.1. The van der Waals surface area contributed by atoms with Crippen LogP contribution in [0.5, 0.6) is 0 Å². The van der Waals surface area contributed by atoms with E-state index in [2.05, 4.69) is 6.92 Å². The number of Topliss-reactive ketones (excluding diaryl/α,β-unsaturated/α-hetero) is 1. The monoisotopic (exact) mass is 386 g/mol. The quantitative estimate of drug-likeness (QED) is 0.660. The first kappa shape index (κ1) is 19.8. The van der Waals surface area contributed by atoms with Crippen LogP contribution in [0.3, 0.4) is 0 Å². The topological polar surface area (TPSA) is 60.4 Å². The Morgan fingerprint density at radius 2 is 2.00 bits per heavy atom. The average Bonchev–Trinajstić information content (AvgIpc) is 2.98. The zero-order chi connectivity index (χ0) is 20.1. The van der Waals surface area contributed by atoms with Gasteiger partial charge in [-0.3, -0.25) is 14.4 Å². The average molecular weight is 387 g/mol. The second kappa shape index (κ2) is 7.42. The zero-order valence-corrected chi connectivity index (χ0v) is 17.5. The lowest BCUT2D eigenvalue weighted by molar-refractivity contribution is -0.164. The lowest BCUT2D eigenvalue weighted by Gasteiger charge is -2.55. The van der Waals surface area contributed by atoms with E-state index < -0.39 is 0 Å². The third-order valence-corrected chi connectivity index (χ3v) is 8.52. The molecule has 4 aliphatic rings. The summed E-state index contributed by atoms with van der Waals surface area (Å²) in [6.07, 6.45) is 9.47. The molecule has 0 bridgehead atoms. The smallest absolute Gasteiger partial charge is 0.306 e. The minimum atomic E-state index is -0.132. The number of carbonyl (C=O) groups is 3. The predicted octanol–water partition coefficient (Wildman–Crippen LogP) is 4.66. The van der Waals surface area contributed by atoms with E-state index in [1.54, 1.807) is 6.92 Å². The number of ether oxygens (including phenoxy) is 1. The van der Waals surface area contributed by atoms with Gasteiger partial charge < -0.3 is 4.74 Å². The summed E-state index contributed by atoms with van der Waals surface area (Å²) in [5.74, 6) is 2.30. The van der Waals surface area contributed by atoms with Crippen molar-refractivity contribution in [3.63, 3.8) is 0 Å². The Bertz CT molecular complexity index is 707. The van der Waals surface area contributed by atoms with Crippen LogP contribution in [-0.2, 0) is 19.1 Å². The number of hydrogen-bond acceptors (Lipinski definition) is 4. The highest BCUT2D eigenvalue weighted by atomic mass is 16.5. The van der Waals surface area contributed by atoms with Gasteiger partial charge in [-0.1, -0.05) is 19.4 Å². The Labute approximate surface area is 168 Å². The minimum Gasteiger partial charge on any atom is -0.462 e. The van der Waals surface area contributed by atoms with Gasteiger partial charge in [0, 0.05) is 31.1 Å². The van der Waals surface area contributed by atoms with Crippen LogP contribution in [-0.4, -0.2) is 23.6 Å². The Balaban J connectivity index is 1.68. The van der Waals surface area contributed by atoms with Crippen molar-refractivity contribution >= 4 is 17.5 Å². The summed E-state index contributed by atoms with van der Waals surface area (Å²) in [5, 5.41) is 0. The Hall–Kier alpha value is -1.45. The van der Waals surface area contributed by atoms with Crippen molar-refractivity contribution in [1.29, 1.82) is 0 Å². The molecule has 0 aromatic heterocycles. The van der Waals surface area contributed by atoms with Crippen LogP contribution in [0.4, 0.5) is 0 Å². The van der Waals surface area contributed by atoms with Gasteiger partial charge in [0.2, 0.25) is 0 Å². The van der Waals surface area contributed by atoms with E-state index in [1.165, 1.54) is 5.57 Å². The highest BCUT2D eigenvalue weighted by molar-refractivity contribution is 5.91. The zero-order valence-electron chi connectivity index (χ0n) is 17.5. The van der Waals surface area contributed by atoms with E-state index in [-0.39, 0.29) is 29.2 Å². The molecule has 0 heterocycles. The third kappa shape index (κ3) is 3.17. The summed E-state index contributed by atoms with van der Waals surface area (Å²) in [6, 6.07) is 0. The third-order valence-electron chi connectivity index (χ3n) is 8.52. The fraction of sp³-hybridized carbons (Fsp3) is 0.792. The maximum atomic E-state index is 12.4. The fourth-order valence-electron chi connectivity index (χ4n) is 7.39. The molecule has 4 heteroatoms. The van der Waals surface area contributed by atoms with Gasteiger partial charge >= 0.3 is 5.97 Å². The molecule has 3 saturated carbocycles. The number of rotatable bonds is 4. The lowest BCUT2D eigenvalue weighted by Crippen LogP contribution is -2.53. The number of esters is 1. The maximum absolute atomic E-state index is 12.4. The van der Waals surface area contributed by atoms with Crippen LogP contribution >= 0.6 is 0 Å². The minimum absolute atomic E-state index is 0.0358. The molecule has 0 amide bonds. The molecule has 0 saturated heterocycles. The van der Waals surface area contributed by atoms with Crippen molar-refractivity contribution < 1.29 is 19.1 Å². The highest BCUT2D eigenvalue weighted by Gasteiger charge is 2.60. The molecular weight excluding hydrogens is 352 g/mol. The molecule has 0 unspecified atom stereocenters. The predicted molar refractivity (Wildman–Crippen MR) is 106 cm³/mol. The van der Waals surface area contributed by atoms with Crippen LogP contribution < -0.4 is 0 Å². The summed E-state index contributed by atoms with van der Waals surface area (Å²) in [4.78, 5) is 36.8. The van der Waals surface area contributed by atoms with Gasteiger partial charge in [-0.25, -0.2) is 0 Å². The summed E-state index contributed by atoms with van der Waals surface area (Å²) in [5.41, 5.74) is 1.25. The first-order valence-electron chi connectivity index (χ1n) is 11.3. The van der Waals surface area contributed by atoms with Gasteiger partial charge in [-0.15, -0.1) is 0 Å². The molecule has 28 heavy (non-hydrogen) atoms. The molecule has 7 atom stereocenters. The van der Waals surface area contributed by atoms with Crippen LogP contribution in [0.15, 0.2) is 11.6 Å². The summed E-state index contributed by atoms with van der Waals surface area (Å²) in [6.45, 7) is 6.06. The number of ketones is 2. The van der Waals surface area contributed by atoms with Crippen molar-refractivity contribution in [2.24, 2.45) is 35.0 Å². The van der Waals surface area contributed by atoms with Crippen LogP contribution in [0.2, 0.25) is 0 Å². The first-order chi connectivity index (χ1) is 13.3. The van der Waals surface area contributed by atoms with Crippen LogP contribution in [0, 0.1) is 35.0 Å². The van der Waals surface area contributed by atoms with Gasteiger partial charge in [0.25, 0.3) is 0 Å². The van der Waals surface area contributed by atoms with Crippen LogP contribution in [0.1, 0.15) is 78.6 Å². The van der Waals surface area contributed by atoms with E-state index in [0.717, 1.165) is 38.5 Å². The molecule has 0 radical (unpaired) electrons. The van der Waals surface area contributed by atoms with Crippen molar-refractivity contribution in [2.75, 3.05) is 0 Å². The first-order valence-corrected chi connectivity index (χ1v) is 11.3. The van der Waals surface area contributed by atoms with Gasteiger partial charge in [0.15, 0.2) is 5.78 Å². The standard InChI is InChI=1S/C24H34O4/c1-4-5-22(27)28-21-13-15-12-16(26)6-7-17(15)18-10-11-24(3)19(14(2)25)8-9-20(24)23(18)21/h12,17-21,23H,4-11,13H2,1-3H3/t17-,18+,19+,20-,21+,23+,24+/m0/s1. The second-order valence-electron chi connectivity index (χ2n) is 9.95. The van der Waals surface area contributed by atoms with Crippen molar-refractivity contribution in [3.8, 4) is 0 Å². The van der Waals surface area contributed by atoms with Crippen molar-refractivity contribution in [3.05, 3.63) is 11.6 Å². The molecule has 4 nitrogen and oxygen atoms in total. The second-order valence-corrected chi connectivity index (χ2v) is 9.95. The summed E-state index contributed by atoms with van der Waals surface area (Å²) >= 11 is 0.